The number of anilines is 2. The SMILES string of the molecule is COC[C@@H](C)Nc1n[nH]c2nccc(Oc3ccc(NC(=O)c4cn(C(C)C)cc(-c5ccc(F)cc5)c4=O)cc3F)c12. The van der Waals surface area contributed by atoms with Crippen molar-refractivity contribution in [3.05, 3.63) is 94.5 Å². The Hall–Kier alpha value is -5.10. The van der Waals surface area contributed by atoms with E-state index in [2.05, 4.69) is 25.8 Å². The molecule has 0 fully saturated rings. The summed E-state index contributed by atoms with van der Waals surface area (Å²) in [6, 6.07) is 10.8. The summed E-state index contributed by atoms with van der Waals surface area (Å²) in [5.41, 5.74) is 0.605. The molecule has 5 rings (SSSR count). The van der Waals surface area contributed by atoms with Gasteiger partial charge in [-0.3, -0.25) is 14.7 Å². The predicted octanol–water partition coefficient (Wildman–Crippen LogP) is 6.14. The minimum absolute atomic E-state index is 0.0646. The summed E-state index contributed by atoms with van der Waals surface area (Å²) < 4.78 is 41.5. The topological polar surface area (TPSA) is 123 Å². The zero-order valence-corrected chi connectivity index (χ0v) is 23.9. The lowest BCUT2D eigenvalue weighted by atomic mass is 10.0. The summed E-state index contributed by atoms with van der Waals surface area (Å²) in [7, 11) is 1.60. The van der Waals surface area contributed by atoms with Gasteiger partial charge in [-0.25, -0.2) is 13.8 Å². The van der Waals surface area contributed by atoms with Crippen LogP contribution in [0.3, 0.4) is 0 Å². The molecule has 3 heterocycles. The molecule has 3 N–H and O–H groups in total. The van der Waals surface area contributed by atoms with Gasteiger partial charge >= 0.3 is 0 Å². The second-order valence-electron chi connectivity index (χ2n) is 10.3. The van der Waals surface area contributed by atoms with Gasteiger partial charge in [0.1, 0.15) is 22.5 Å². The summed E-state index contributed by atoms with van der Waals surface area (Å²) in [5.74, 6) is -1.21. The van der Waals surface area contributed by atoms with Gasteiger partial charge in [0.25, 0.3) is 5.91 Å². The van der Waals surface area contributed by atoms with E-state index in [1.807, 2.05) is 20.8 Å². The molecule has 12 heteroatoms. The number of benzene rings is 2. The highest BCUT2D eigenvalue weighted by atomic mass is 19.1. The number of aromatic amines is 1. The van der Waals surface area contributed by atoms with Crippen LogP contribution in [0.4, 0.5) is 20.3 Å². The number of rotatable bonds is 10. The highest BCUT2D eigenvalue weighted by Crippen LogP contribution is 2.34. The fourth-order valence-corrected chi connectivity index (χ4v) is 4.51. The first-order chi connectivity index (χ1) is 20.6. The summed E-state index contributed by atoms with van der Waals surface area (Å²) in [5, 5.41) is 13.4. The van der Waals surface area contributed by atoms with Crippen LogP contribution < -0.4 is 20.8 Å². The van der Waals surface area contributed by atoms with Crippen molar-refractivity contribution in [1.29, 1.82) is 0 Å². The maximum atomic E-state index is 15.2. The molecule has 0 bridgehead atoms. The summed E-state index contributed by atoms with van der Waals surface area (Å²) >= 11 is 0. The molecule has 0 spiro atoms. The van der Waals surface area contributed by atoms with Crippen LogP contribution in [0, 0.1) is 11.6 Å². The van der Waals surface area contributed by atoms with E-state index in [1.165, 1.54) is 48.8 Å². The first-order valence-electron chi connectivity index (χ1n) is 13.5. The number of carbonyl (C=O) groups excluding carboxylic acids is 1. The van der Waals surface area contributed by atoms with Crippen molar-refractivity contribution in [2.24, 2.45) is 0 Å². The largest absolute Gasteiger partial charge is 0.453 e. The van der Waals surface area contributed by atoms with Gasteiger partial charge in [0, 0.05) is 61.2 Å². The Balaban J connectivity index is 1.40. The van der Waals surface area contributed by atoms with Crippen molar-refractivity contribution in [3.63, 3.8) is 0 Å². The number of hydrogen-bond donors (Lipinski definition) is 3. The molecule has 0 saturated heterocycles. The van der Waals surface area contributed by atoms with Crippen molar-refractivity contribution in [2.75, 3.05) is 24.4 Å². The van der Waals surface area contributed by atoms with Crippen LogP contribution in [-0.4, -0.2) is 45.4 Å². The van der Waals surface area contributed by atoms with Crippen LogP contribution >= 0.6 is 0 Å². The molecule has 0 saturated carbocycles. The summed E-state index contributed by atoms with van der Waals surface area (Å²) in [6.45, 7) is 6.15. The van der Waals surface area contributed by atoms with E-state index in [9.17, 15) is 14.0 Å². The first kappa shape index (κ1) is 29.4. The highest BCUT2D eigenvalue weighted by molar-refractivity contribution is 6.04. The molecule has 0 aliphatic rings. The number of aromatic nitrogens is 4. The average Bonchev–Trinajstić information content (AvgIpc) is 3.38. The number of halogens is 2. The second-order valence-corrected chi connectivity index (χ2v) is 10.3. The lowest BCUT2D eigenvalue weighted by Crippen LogP contribution is -2.25. The Morgan fingerprint density at radius 1 is 1.05 bits per heavy atom. The van der Waals surface area contributed by atoms with E-state index in [1.54, 1.807) is 23.9 Å². The summed E-state index contributed by atoms with van der Waals surface area (Å²) in [4.78, 5) is 30.8. The first-order valence-corrected chi connectivity index (χ1v) is 13.5. The van der Waals surface area contributed by atoms with Crippen molar-refractivity contribution < 1.29 is 23.0 Å². The monoisotopic (exact) mass is 588 g/mol. The van der Waals surface area contributed by atoms with E-state index in [0.717, 1.165) is 6.07 Å². The molecule has 0 aliphatic heterocycles. The Morgan fingerprint density at radius 2 is 1.81 bits per heavy atom. The smallest absolute Gasteiger partial charge is 0.261 e. The van der Waals surface area contributed by atoms with E-state index < -0.39 is 23.0 Å². The lowest BCUT2D eigenvalue weighted by molar-refractivity contribution is 0.102. The predicted molar refractivity (Wildman–Crippen MR) is 160 cm³/mol. The molecule has 3 aromatic heterocycles. The van der Waals surface area contributed by atoms with Crippen LogP contribution in [0.25, 0.3) is 22.2 Å². The van der Waals surface area contributed by atoms with Crippen molar-refractivity contribution in [3.8, 4) is 22.6 Å². The van der Waals surface area contributed by atoms with Gasteiger partial charge in [-0.05, 0) is 50.6 Å². The number of methoxy groups -OCH3 is 1. The third-order valence-corrected chi connectivity index (χ3v) is 6.67. The molecule has 222 valence electrons. The quantitative estimate of drug-likeness (QED) is 0.179. The standard InChI is InChI=1S/C31H30F2N6O4/c1-17(2)39-14-22(19-5-7-20(32)8-6-19)28(40)23(15-39)31(41)36-21-9-10-25(24(33)13-21)43-26-11-12-34-29-27(26)30(38-37-29)35-18(3)16-42-4/h5-15,17-18H,16H2,1-4H3,(H,36,41)(H2,34,35,37,38)/t18-/m1/s1. The van der Waals surface area contributed by atoms with Crippen LogP contribution in [0.2, 0.25) is 0 Å². The number of nitrogens with one attached hydrogen (secondary N) is 3. The van der Waals surface area contributed by atoms with Crippen LogP contribution in [0.5, 0.6) is 11.5 Å². The normalized spacial score (nSPS) is 12.0. The second kappa shape index (κ2) is 12.4. The third-order valence-electron chi connectivity index (χ3n) is 6.67. The Kier molecular flexibility index (Phi) is 8.48. The Morgan fingerprint density at radius 3 is 2.51 bits per heavy atom. The maximum absolute atomic E-state index is 15.2. The number of H-pyrrole nitrogens is 1. The van der Waals surface area contributed by atoms with Crippen LogP contribution in [-0.2, 0) is 4.74 Å². The average molecular weight is 589 g/mol. The van der Waals surface area contributed by atoms with Gasteiger partial charge < -0.3 is 24.7 Å². The fraction of sp³-hybridized carbons (Fsp3) is 0.226. The van der Waals surface area contributed by atoms with E-state index in [0.29, 0.717) is 34.8 Å². The van der Waals surface area contributed by atoms with Crippen molar-refractivity contribution in [1.82, 2.24) is 19.7 Å². The number of carbonyl (C=O) groups is 1. The molecular weight excluding hydrogens is 558 g/mol. The molecule has 5 aromatic rings. The van der Waals surface area contributed by atoms with Crippen LogP contribution in [0.15, 0.2) is 71.9 Å². The number of fused-ring (bicyclic) bond motifs is 1. The molecule has 1 amide bonds. The minimum Gasteiger partial charge on any atom is -0.453 e. The number of nitrogens with zero attached hydrogens (tertiary/aromatic N) is 3. The molecule has 0 aliphatic carbocycles. The van der Waals surface area contributed by atoms with Gasteiger partial charge in [0.2, 0.25) is 5.43 Å². The van der Waals surface area contributed by atoms with Gasteiger partial charge in [-0.2, -0.15) is 5.10 Å². The maximum Gasteiger partial charge on any atom is 0.261 e. The van der Waals surface area contributed by atoms with Crippen LogP contribution in [0.1, 0.15) is 37.2 Å². The minimum atomic E-state index is -0.742. The van der Waals surface area contributed by atoms with Crippen molar-refractivity contribution >= 4 is 28.4 Å². The molecule has 0 unspecified atom stereocenters. The number of hydrogen-bond acceptors (Lipinski definition) is 7. The van der Waals surface area contributed by atoms with Gasteiger partial charge in [0.15, 0.2) is 23.0 Å². The molecule has 0 radical (unpaired) electrons. The van der Waals surface area contributed by atoms with E-state index >= 15 is 4.39 Å². The molecule has 1 atom stereocenters. The van der Waals surface area contributed by atoms with Gasteiger partial charge in [-0.15, -0.1) is 0 Å². The zero-order chi connectivity index (χ0) is 30.7. The fourth-order valence-electron chi connectivity index (χ4n) is 4.51. The Bertz CT molecular complexity index is 1840. The third kappa shape index (κ3) is 6.38. The highest BCUT2D eigenvalue weighted by Gasteiger charge is 2.20. The lowest BCUT2D eigenvalue weighted by Gasteiger charge is -2.16. The zero-order valence-electron chi connectivity index (χ0n) is 23.9. The molecule has 43 heavy (non-hydrogen) atoms. The Labute approximate surface area is 245 Å². The molecular formula is C31H30F2N6O4. The van der Waals surface area contributed by atoms with E-state index in [-0.39, 0.29) is 34.6 Å². The molecule has 10 nitrogen and oxygen atoms in total. The number of amides is 1. The number of ether oxygens (including phenoxy) is 2. The van der Waals surface area contributed by atoms with E-state index in [4.69, 9.17) is 9.47 Å². The number of pyridine rings is 2. The van der Waals surface area contributed by atoms with Crippen molar-refractivity contribution in [2.45, 2.75) is 32.9 Å². The molecule has 2 aromatic carbocycles. The van der Waals surface area contributed by atoms with Gasteiger partial charge in [-0.1, -0.05) is 12.1 Å². The van der Waals surface area contributed by atoms with Gasteiger partial charge in [0.05, 0.1) is 6.61 Å². The summed E-state index contributed by atoms with van der Waals surface area (Å²) in [6.07, 6.45) is 4.58.